The van der Waals surface area contributed by atoms with Crippen molar-refractivity contribution in [2.75, 3.05) is 11.9 Å². The monoisotopic (exact) mass is 398 g/mol. The molecule has 1 aliphatic rings. The van der Waals surface area contributed by atoms with Crippen molar-refractivity contribution in [3.8, 4) is 5.75 Å². The molecule has 1 aliphatic carbocycles. The summed E-state index contributed by atoms with van der Waals surface area (Å²) < 4.78 is 40.7. The minimum Gasteiger partial charge on any atom is -0.484 e. The highest BCUT2D eigenvalue weighted by molar-refractivity contribution is 7.22. The molecule has 1 N–H and O–H groups in total. The first-order valence-electron chi connectivity index (χ1n) is 6.80. The van der Waals surface area contributed by atoms with Gasteiger partial charge < -0.3 is 10.1 Å². The quantitative estimate of drug-likeness (QED) is 0.755. The third-order valence-corrected chi connectivity index (χ3v) is 5.78. The smallest absolute Gasteiger partial charge is 0.422 e. The summed E-state index contributed by atoms with van der Waals surface area (Å²) in [5.41, 5.74) is -0.340. The van der Waals surface area contributed by atoms with Gasteiger partial charge in [-0.05, 0) is 31.5 Å². The lowest BCUT2D eigenvalue weighted by Crippen LogP contribution is -2.25. The van der Waals surface area contributed by atoms with Gasteiger partial charge >= 0.3 is 6.18 Å². The molecule has 24 heavy (non-hydrogen) atoms. The van der Waals surface area contributed by atoms with Crippen molar-refractivity contribution in [2.45, 2.75) is 23.9 Å². The number of thiazole rings is 1. The van der Waals surface area contributed by atoms with E-state index < -0.39 is 22.5 Å². The van der Waals surface area contributed by atoms with Crippen molar-refractivity contribution in [2.24, 2.45) is 5.41 Å². The topological polar surface area (TPSA) is 51.2 Å². The lowest BCUT2D eigenvalue weighted by atomic mass is 10.1. The number of amides is 1. The number of ether oxygens (including phenoxy) is 1. The van der Waals surface area contributed by atoms with Crippen molar-refractivity contribution in [1.29, 1.82) is 0 Å². The van der Waals surface area contributed by atoms with Crippen molar-refractivity contribution in [1.82, 2.24) is 4.98 Å². The summed E-state index contributed by atoms with van der Waals surface area (Å²) in [5, 5.41) is 2.96. The number of carbonyl (C=O) groups excluding carboxylic acids is 1. The Morgan fingerprint density at radius 1 is 1.46 bits per heavy atom. The van der Waals surface area contributed by atoms with Crippen molar-refractivity contribution < 1.29 is 22.7 Å². The number of nitrogens with zero attached hydrogens (tertiary/aromatic N) is 1. The van der Waals surface area contributed by atoms with E-state index in [2.05, 4.69) is 10.3 Å². The van der Waals surface area contributed by atoms with E-state index in [1.807, 2.05) is 0 Å². The first-order valence-corrected chi connectivity index (χ1v) is 8.37. The maximum Gasteiger partial charge on any atom is 0.422 e. The lowest BCUT2D eigenvalue weighted by Gasteiger charge is -2.10. The van der Waals surface area contributed by atoms with Crippen LogP contribution in [0.5, 0.6) is 5.75 Å². The van der Waals surface area contributed by atoms with Gasteiger partial charge in [-0.25, -0.2) is 4.98 Å². The van der Waals surface area contributed by atoms with Crippen LogP contribution in [0.2, 0.25) is 0 Å². The Morgan fingerprint density at radius 3 is 2.71 bits per heavy atom. The molecule has 1 saturated carbocycles. The Hall–Kier alpha value is -1.25. The number of aromatic nitrogens is 1. The van der Waals surface area contributed by atoms with Crippen LogP contribution in [0.15, 0.2) is 18.2 Å². The number of rotatable bonds is 4. The van der Waals surface area contributed by atoms with Gasteiger partial charge in [0.15, 0.2) is 11.7 Å². The zero-order valence-corrected chi connectivity index (χ0v) is 14.5. The largest absolute Gasteiger partial charge is 0.484 e. The number of alkyl halides is 5. The third kappa shape index (κ3) is 3.41. The number of nitrogens with one attached hydrogen (secondary N) is 1. The molecule has 0 aliphatic heterocycles. The predicted molar refractivity (Wildman–Crippen MR) is 87.0 cm³/mol. The minimum absolute atomic E-state index is 0.0797. The highest BCUT2D eigenvalue weighted by atomic mass is 35.5. The van der Waals surface area contributed by atoms with Crippen LogP contribution < -0.4 is 10.1 Å². The SMILES string of the molecule is C[C@@]1(C(=O)Nc2nc3ccc(OCC(F)(F)F)cc3s2)CC1(Cl)Cl. The molecule has 0 spiro atoms. The zero-order chi connectivity index (χ0) is 17.8. The molecule has 1 aromatic carbocycles. The van der Waals surface area contributed by atoms with E-state index in [1.165, 1.54) is 18.2 Å². The second-order valence-corrected chi connectivity index (χ2v) is 8.23. The second-order valence-electron chi connectivity index (χ2n) is 5.72. The fourth-order valence-corrected chi connectivity index (χ4v) is 3.69. The molecule has 1 aromatic heterocycles. The molecule has 0 unspecified atom stereocenters. The first kappa shape index (κ1) is 17.6. The number of hydrogen-bond acceptors (Lipinski definition) is 4. The minimum atomic E-state index is -4.41. The molecule has 4 nitrogen and oxygen atoms in total. The van der Waals surface area contributed by atoms with Crippen LogP contribution in [0.3, 0.4) is 0 Å². The molecule has 130 valence electrons. The predicted octanol–water partition coefficient (Wildman–Crippen LogP) is 4.76. The summed E-state index contributed by atoms with van der Waals surface area (Å²) in [4.78, 5) is 16.4. The summed E-state index contributed by atoms with van der Waals surface area (Å²) >= 11 is 13.0. The molecule has 1 heterocycles. The van der Waals surface area contributed by atoms with Crippen LogP contribution in [0.25, 0.3) is 10.2 Å². The average Bonchev–Trinajstić information content (AvgIpc) is 2.80. The van der Waals surface area contributed by atoms with Crippen molar-refractivity contribution in [3.05, 3.63) is 18.2 Å². The van der Waals surface area contributed by atoms with Crippen LogP contribution in [0, 0.1) is 5.41 Å². The second kappa shape index (κ2) is 5.64. The van der Waals surface area contributed by atoms with Crippen molar-refractivity contribution >= 4 is 55.8 Å². The average molecular weight is 399 g/mol. The molecule has 2 aromatic rings. The van der Waals surface area contributed by atoms with Gasteiger partial charge in [0, 0.05) is 0 Å². The number of fused-ring (bicyclic) bond motifs is 1. The van der Waals surface area contributed by atoms with E-state index in [9.17, 15) is 18.0 Å². The van der Waals surface area contributed by atoms with E-state index in [0.717, 1.165) is 11.3 Å². The molecular formula is C14H11Cl2F3N2O2S. The zero-order valence-electron chi connectivity index (χ0n) is 12.2. The van der Waals surface area contributed by atoms with E-state index >= 15 is 0 Å². The Kier molecular flexibility index (Phi) is 4.13. The van der Waals surface area contributed by atoms with Gasteiger partial charge in [-0.2, -0.15) is 13.2 Å². The molecule has 1 atom stereocenters. The molecule has 0 saturated heterocycles. The summed E-state index contributed by atoms with van der Waals surface area (Å²) in [6.45, 7) is 0.283. The number of anilines is 1. The normalized spacial score (nSPS) is 22.4. The number of benzene rings is 1. The highest BCUT2D eigenvalue weighted by Gasteiger charge is 2.68. The Morgan fingerprint density at radius 2 is 2.12 bits per heavy atom. The number of carbonyl (C=O) groups is 1. The van der Waals surface area contributed by atoms with Gasteiger partial charge in [0.1, 0.15) is 10.1 Å². The van der Waals surface area contributed by atoms with Gasteiger partial charge in [0.05, 0.1) is 15.6 Å². The number of halogens is 5. The van der Waals surface area contributed by atoms with E-state index in [0.29, 0.717) is 21.8 Å². The first-order chi connectivity index (χ1) is 11.0. The van der Waals surface area contributed by atoms with E-state index in [4.69, 9.17) is 27.9 Å². The Labute approximate surface area is 148 Å². The fraction of sp³-hybridized carbons (Fsp3) is 0.429. The maximum absolute atomic E-state index is 12.2. The summed E-state index contributed by atoms with van der Waals surface area (Å²) in [6.07, 6.45) is -4.06. The Bertz CT molecular complexity index is 809. The molecule has 1 fully saturated rings. The Balaban J connectivity index is 1.73. The number of hydrogen-bond donors (Lipinski definition) is 1. The summed E-state index contributed by atoms with van der Waals surface area (Å²) in [5.74, 6) is -0.267. The third-order valence-electron chi connectivity index (χ3n) is 3.74. The van der Waals surface area contributed by atoms with Crippen molar-refractivity contribution in [3.63, 3.8) is 0 Å². The van der Waals surface area contributed by atoms with Gasteiger partial charge in [-0.3, -0.25) is 4.79 Å². The molecular weight excluding hydrogens is 388 g/mol. The van der Waals surface area contributed by atoms with Crippen LogP contribution in [0.4, 0.5) is 18.3 Å². The van der Waals surface area contributed by atoms with E-state index in [1.54, 1.807) is 6.92 Å². The van der Waals surface area contributed by atoms with Crippen LogP contribution in [-0.4, -0.2) is 28.0 Å². The van der Waals surface area contributed by atoms with E-state index in [-0.39, 0.29) is 11.7 Å². The molecule has 1 amide bonds. The summed E-state index contributed by atoms with van der Waals surface area (Å²) in [6, 6.07) is 4.37. The van der Waals surface area contributed by atoms with Crippen LogP contribution >= 0.6 is 34.5 Å². The van der Waals surface area contributed by atoms with Crippen LogP contribution in [-0.2, 0) is 4.79 Å². The molecule has 3 rings (SSSR count). The maximum atomic E-state index is 12.2. The fourth-order valence-electron chi connectivity index (χ4n) is 2.09. The molecule has 0 radical (unpaired) electrons. The van der Waals surface area contributed by atoms with Gasteiger partial charge in [0.25, 0.3) is 0 Å². The van der Waals surface area contributed by atoms with Gasteiger partial charge in [0.2, 0.25) is 5.91 Å². The molecule has 10 heteroatoms. The van der Waals surface area contributed by atoms with Gasteiger partial charge in [-0.1, -0.05) is 11.3 Å². The summed E-state index contributed by atoms with van der Waals surface area (Å²) in [7, 11) is 0. The molecule has 0 bridgehead atoms. The lowest BCUT2D eigenvalue weighted by molar-refractivity contribution is -0.153. The van der Waals surface area contributed by atoms with Gasteiger partial charge in [-0.15, -0.1) is 23.2 Å². The van der Waals surface area contributed by atoms with Crippen LogP contribution in [0.1, 0.15) is 13.3 Å². The standard InChI is InChI=1S/C14H11Cl2F3N2O2S/c1-12(5-13(12,15)16)10(22)21-11-20-8-3-2-7(4-9(8)24-11)23-6-14(17,18)19/h2-4H,5-6H2,1H3,(H,20,21,22)/t12-/m0/s1. The highest BCUT2D eigenvalue weighted by Crippen LogP contribution is 2.64.